The van der Waals surface area contributed by atoms with Crippen molar-refractivity contribution in [3.05, 3.63) is 12.2 Å². The van der Waals surface area contributed by atoms with Crippen LogP contribution in [-0.2, 0) is 38.3 Å². The highest BCUT2D eigenvalue weighted by molar-refractivity contribution is 6.05. The molecule has 0 spiro atoms. The first-order valence-electron chi connectivity index (χ1n) is 28.5. The molecule has 16 nitrogen and oxygen atoms in total. The Hall–Kier alpha value is -3.70. The fourth-order valence-electron chi connectivity index (χ4n) is 6.73. The topological polar surface area (TPSA) is 218 Å². The van der Waals surface area contributed by atoms with Crippen LogP contribution < -0.4 is 32.0 Å². The molecule has 79 heavy (non-hydrogen) atoms. The van der Waals surface area contributed by atoms with Gasteiger partial charge >= 0.3 is 5.97 Å². The van der Waals surface area contributed by atoms with E-state index in [2.05, 4.69) is 95.6 Å². The first-order chi connectivity index (χ1) is 34.8. The second-order valence-electron chi connectivity index (χ2n) is 30.5. The molecular weight excluding hydrogens is 997 g/mol. The summed E-state index contributed by atoms with van der Waals surface area (Å²) in [5.41, 5.74) is 0.128. The van der Waals surface area contributed by atoms with Gasteiger partial charge in [0.25, 0.3) is 0 Å². The highest BCUT2D eigenvalue weighted by Crippen LogP contribution is 2.23. The Morgan fingerprint density at radius 2 is 0.759 bits per heavy atom. The number of nitrogens with zero attached hydrogens (tertiary/aromatic N) is 2. The van der Waals surface area contributed by atoms with E-state index in [-0.39, 0.29) is 91.8 Å². The Kier molecular flexibility index (Phi) is 37.6. The summed E-state index contributed by atoms with van der Waals surface area (Å²) >= 11 is 0. The van der Waals surface area contributed by atoms with Crippen LogP contribution >= 0.6 is 0 Å². The van der Waals surface area contributed by atoms with E-state index in [1.807, 2.05) is 164 Å². The van der Waals surface area contributed by atoms with E-state index < -0.39 is 28.9 Å². The predicted octanol–water partition coefficient (Wildman–Crippen LogP) is 11.6. The maximum atomic E-state index is 12.2. The SMILES string of the molecule is C/C=C/C(NC(C)(C)C)C(=O)C(C)(C)C.CCCC(NC(C)(C)C)C(=O)C(C)(C)C.CCOC(=O)C(NC(C)(C)C)C(=O)C(C)(C)C.CN/N=C\C(NC(C)(C)C)C(=O)C(C)(C)C.CON=CC(NC(C)(C)C)C(=O)C(C)(C)C. The van der Waals surface area contributed by atoms with E-state index in [0.717, 1.165) is 12.8 Å². The molecule has 0 aromatic carbocycles. The normalized spacial score (nSPS) is 15.1. The summed E-state index contributed by atoms with van der Waals surface area (Å²) < 4.78 is 4.94. The lowest BCUT2D eigenvalue weighted by molar-refractivity contribution is -0.151. The van der Waals surface area contributed by atoms with Crippen molar-refractivity contribution >= 4 is 47.3 Å². The fraction of sp³-hybridized carbons (Fsp3) is 0.841. The van der Waals surface area contributed by atoms with Gasteiger partial charge in [0.05, 0.1) is 24.9 Å². The molecule has 16 heteroatoms. The zero-order chi connectivity index (χ0) is 64.4. The Bertz CT molecular complexity index is 1830. The molecule has 0 bridgehead atoms. The Morgan fingerprint density at radius 1 is 0.443 bits per heavy atom. The molecule has 0 saturated carbocycles. The number of rotatable bonds is 19. The van der Waals surface area contributed by atoms with Crippen molar-refractivity contribution in [2.45, 2.75) is 299 Å². The quantitative estimate of drug-likeness (QED) is 0.0233. The average Bonchev–Trinajstić information content (AvgIpc) is 3.21. The van der Waals surface area contributed by atoms with Crippen molar-refractivity contribution in [2.24, 2.45) is 37.3 Å². The maximum Gasteiger partial charge on any atom is 0.330 e. The van der Waals surface area contributed by atoms with Gasteiger partial charge < -0.3 is 20.3 Å². The summed E-state index contributed by atoms with van der Waals surface area (Å²) in [6, 6.07) is -1.85. The zero-order valence-corrected chi connectivity index (χ0v) is 57.5. The van der Waals surface area contributed by atoms with E-state index in [0.29, 0.717) is 5.78 Å². The molecule has 466 valence electrons. The summed E-state index contributed by atoms with van der Waals surface area (Å²) in [4.78, 5) is 77.2. The maximum absolute atomic E-state index is 12.2. The number of oxime groups is 1. The fourth-order valence-corrected chi connectivity index (χ4v) is 6.73. The lowest BCUT2D eigenvalue weighted by Crippen LogP contribution is -2.55. The number of esters is 1. The highest BCUT2D eigenvalue weighted by Gasteiger charge is 2.38. The third-order valence-electron chi connectivity index (χ3n) is 10.2. The number of Topliss-reactive ketones (excluding diaryl/α,β-unsaturated/α-hetero) is 5. The van der Waals surface area contributed by atoms with Crippen molar-refractivity contribution in [2.75, 3.05) is 20.8 Å². The molecule has 0 aliphatic rings. The van der Waals surface area contributed by atoms with Crippen molar-refractivity contribution in [3.8, 4) is 0 Å². The smallest absolute Gasteiger partial charge is 0.330 e. The number of carbonyl (C=O) groups is 6. The van der Waals surface area contributed by atoms with Gasteiger partial charge in [0.1, 0.15) is 19.2 Å². The number of hydrogen-bond donors (Lipinski definition) is 6. The standard InChI is InChI=1S/C13H25NO3.C13H27NO.C13H25NO.C12H25N3O.C12H24N2O2/c1-8-17-11(16)9(14-13(5,6)7)10(15)12(2,3)4;2*1-8-9-10(14-13(5,6)7)11(15)12(2,3)4;1-11(2,3)10(16)9(8-14-13-7)15-12(4,5)6;1-11(2,3)10(15)9(8-13-16-7)14-12(4,5)6/h9,14H,8H2,1-7H3;10,14H,8-9H2,1-7H3;8-10,14H,1-7H3;8-9,13,15H,1-7H3;8-9,14H,1-7H3/b;;9-8+;14-8-;. The molecule has 5 atom stereocenters. The summed E-state index contributed by atoms with van der Waals surface area (Å²) in [7, 11) is 3.18. The molecule has 0 aromatic heterocycles. The van der Waals surface area contributed by atoms with Crippen LogP contribution in [0.3, 0.4) is 0 Å². The molecule has 5 unspecified atom stereocenters. The molecule has 6 N–H and O–H groups in total. The number of ketones is 5. The van der Waals surface area contributed by atoms with Crippen LogP contribution in [0.4, 0.5) is 0 Å². The van der Waals surface area contributed by atoms with Crippen LogP contribution in [0.1, 0.15) is 241 Å². The minimum atomic E-state index is -0.894. The average molecular weight is 1120 g/mol. The van der Waals surface area contributed by atoms with Gasteiger partial charge in [-0.1, -0.05) is 135 Å². The third-order valence-corrected chi connectivity index (χ3v) is 10.2. The molecule has 0 aromatic rings. The second-order valence-corrected chi connectivity index (χ2v) is 30.5. The lowest BCUT2D eigenvalue weighted by Gasteiger charge is -2.31. The molecule has 0 rings (SSSR count). The third kappa shape index (κ3) is 45.6. The van der Waals surface area contributed by atoms with Crippen LogP contribution in [0.15, 0.2) is 22.4 Å². The Balaban J connectivity index is -0.000000289. The first kappa shape index (κ1) is 84.1. The summed E-state index contributed by atoms with van der Waals surface area (Å²) in [6.45, 7) is 65.1. The van der Waals surface area contributed by atoms with Crippen molar-refractivity contribution in [3.63, 3.8) is 0 Å². The van der Waals surface area contributed by atoms with Crippen LogP contribution in [0.2, 0.25) is 0 Å². The highest BCUT2D eigenvalue weighted by atomic mass is 16.6. The van der Waals surface area contributed by atoms with Gasteiger partial charge in [0.15, 0.2) is 35.0 Å². The molecule has 0 saturated heterocycles. The molecule has 0 heterocycles. The van der Waals surface area contributed by atoms with E-state index in [4.69, 9.17) is 4.74 Å². The van der Waals surface area contributed by atoms with Crippen LogP contribution in [-0.4, -0.2) is 126 Å². The van der Waals surface area contributed by atoms with E-state index in [1.54, 1.807) is 41.0 Å². The molecule has 0 amide bonds. The first-order valence-corrected chi connectivity index (χ1v) is 28.5. The molecular formula is C63H126N8O8. The summed E-state index contributed by atoms with van der Waals surface area (Å²) in [5.74, 6) is 0.146. The van der Waals surface area contributed by atoms with Crippen LogP contribution in [0.25, 0.3) is 0 Å². The number of hydrazone groups is 1. The number of nitrogens with one attached hydrogen (secondary N) is 6. The number of carbonyl (C=O) groups excluding carboxylic acids is 6. The van der Waals surface area contributed by atoms with Crippen molar-refractivity contribution < 1.29 is 38.3 Å². The van der Waals surface area contributed by atoms with Gasteiger partial charge in [-0.15, -0.1) is 0 Å². The van der Waals surface area contributed by atoms with Crippen LogP contribution in [0, 0.1) is 27.1 Å². The van der Waals surface area contributed by atoms with E-state index >= 15 is 0 Å². The predicted molar refractivity (Wildman–Crippen MR) is 335 cm³/mol. The monoisotopic (exact) mass is 1120 g/mol. The zero-order valence-electron chi connectivity index (χ0n) is 57.5. The summed E-state index contributed by atoms with van der Waals surface area (Å²) in [5, 5.41) is 23.9. The van der Waals surface area contributed by atoms with Crippen LogP contribution in [0.5, 0.6) is 0 Å². The largest absolute Gasteiger partial charge is 0.464 e. The number of hydrogen-bond acceptors (Lipinski definition) is 16. The minimum absolute atomic E-state index is 0.000741. The molecule has 0 aliphatic heterocycles. The second kappa shape index (κ2) is 35.3. The lowest BCUT2D eigenvalue weighted by atomic mass is 9.84. The Labute approximate surface area is 485 Å². The van der Waals surface area contributed by atoms with E-state index in [1.165, 1.54) is 13.3 Å². The number of ether oxygens (including phenoxy) is 1. The molecule has 0 radical (unpaired) electrons. The van der Waals surface area contributed by atoms with Gasteiger partial charge in [-0.2, -0.15) is 5.10 Å². The van der Waals surface area contributed by atoms with Crippen molar-refractivity contribution in [1.29, 1.82) is 0 Å². The van der Waals surface area contributed by atoms with Gasteiger partial charge in [-0.3, -0.25) is 45.2 Å². The van der Waals surface area contributed by atoms with Crippen molar-refractivity contribution in [1.82, 2.24) is 32.0 Å². The van der Waals surface area contributed by atoms with Gasteiger partial charge in [0, 0.05) is 68.0 Å². The van der Waals surface area contributed by atoms with E-state index in [9.17, 15) is 28.8 Å². The van der Waals surface area contributed by atoms with Gasteiger partial charge in [-0.25, -0.2) is 4.79 Å². The Morgan fingerprint density at radius 3 is 1.03 bits per heavy atom. The number of allylic oxidation sites excluding steroid dienone is 1. The van der Waals surface area contributed by atoms with Gasteiger partial charge in [-0.05, 0) is 124 Å². The minimum Gasteiger partial charge on any atom is -0.464 e. The summed E-state index contributed by atoms with van der Waals surface area (Å²) in [6.07, 6.45) is 8.95. The molecule has 0 fully saturated rings. The van der Waals surface area contributed by atoms with Gasteiger partial charge in [0.2, 0.25) is 0 Å². The molecule has 0 aliphatic carbocycles.